The first-order valence-corrected chi connectivity index (χ1v) is 12.4. The molecule has 164 valence electrons. The van der Waals surface area contributed by atoms with E-state index in [0.717, 1.165) is 27.7 Å². The van der Waals surface area contributed by atoms with Gasteiger partial charge in [0.25, 0.3) is 0 Å². The first-order valence-electron chi connectivity index (χ1n) is 9.97. The molecule has 9 heteroatoms. The molecular formula is C23H23N5O2S2. The zero-order chi connectivity index (χ0) is 22.6. The number of aromatic nitrogens is 4. The Bertz CT molecular complexity index is 1290. The summed E-state index contributed by atoms with van der Waals surface area (Å²) in [5, 5.41) is 9.61. The first-order chi connectivity index (χ1) is 15.4. The van der Waals surface area contributed by atoms with Gasteiger partial charge in [0.05, 0.1) is 11.4 Å². The van der Waals surface area contributed by atoms with Crippen LogP contribution in [0.25, 0.3) is 11.4 Å². The predicted molar refractivity (Wildman–Crippen MR) is 126 cm³/mol. The number of pyridine rings is 1. The Hall–Kier alpha value is -3.01. The maximum atomic E-state index is 12.5. The summed E-state index contributed by atoms with van der Waals surface area (Å²) in [5.41, 5.74) is 2.93. The molecule has 2 heterocycles. The monoisotopic (exact) mass is 465 g/mol. The van der Waals surface area contributed by atoms with E-state index in [1.807, 2.05) is 36.4 Å². The minimum atomic E-state index is -3.48. The number of nitrogens with zero attached hydrogens (tertiary/aromatic N) is 5. The van der Waals surface area contributed by atoms with Crippen molar-refractivity contribution in [2.75, 3.05) is 14.1 Å². The van der Waals surface area contributed by atoms with Gasteiger partial charge in [-0.3, -0.25) is 9.55 Å². The van der Waals surface area contributed by atoms with Crippen LogP contribution in [-0.4, -0.2) is 46.6 Å². The van der Waals surface area contributed by atoms with Crippen LogP contribution >= 0.6 is 11.8 Å². The lowest BCUT2D eigenvalue weighted by Gasteiger charge is -2.13. The van der Waals surface area contributed by atoms with Gasteiger partial charge in [-0.15, -0.1) is 10.2 Å². The second-order valence-corrected chi connectivity index (χ2v) is 10.4. The molecule has 0 amide bonds. The molecule has 0 aliphatic carbocycles. The van der Waals surface area contributed by atoms with E-state index in [-0.39, 0.29) is 4.90 Å². The molecule has 4 aromatic rings. The molecule has 0 spiro atoms. The third kappa shape index (κ3) is 4.90. The second-order valence-electron chi connectivity index (χ2n) is 7.34. The second kappa shape index (κ2) is 9.64. The van der Waals surface area contributed by atoms with Crippen LogP contribution in [-0.2, 0) is 22.3 Å². The summed E-state index contributed by atoms with van der Waals surface area (Å²) in [5.74, 6) is 1.31. The van der Waals surface area contributed by atoms with Crippen molar-refractivity contribution in [2.24, 2.45) is 0 Å². The van der Waals surface area contributed by atoms with Gasteiger partial charge < -0.3 is 0 Å². The fourth-order valence-corrected chi connectivity index (χ4v) is 5.02. The van der Waals surface area contributed by atoms with E-state index in [1.54, 1.807) is 30.6 Å². The summed E-state index contributed by atoms with van der Waals surface area (Å²) in [6.07, 6.45) is 3.50. The fraction of sp³-hybridized carbons (Fsp3) is 0.174. The Morgan fingerprint density at radius 1 is 0.938 bits per heavy atom. The summed E-state index contributed by atoms with van der Waals surface area (Å²) >= 11 is 1.52. The van der Waals surface area contributed by atoms with E-state index in [1.165, 1.54) is 30.2 Å². The van der Waals surface area contributed by atoms with E-state index in [2.05, 4.69) is 31.9 Å². The number of rotatable bonds is 8. The largest absolute Gasteiger partial charge is 0.297 e. The Labute approximate surface area is 192 Å². The molecule has 0 saturated heterocycles. The highest BCUT2D eigenvalue weighted by Crippen LogP contribution is 2.28. The van der Waals surface area contributed by atoms with Gasteiger partial charge in [-0.05, 0) is 35.4 Å². The highest BCUT2D eigenvalue weighted by molar-refractivity contribution is 7.98. The molecule has 2 aromatic heterocycles. The number of hydrogen-bond donors (Lipinski definition) is 0. The topological polar surface area (TPSA) is 81.0 Å². The van der Waals surface area contributed by atoms with Gasteiger partial charge in [-0.2, -0.15) is 0 Å². The molecule has 4 rings (SSSR count). The van der Waals surface area contributed by atoms with Crippen molar-refractivity contribution >= 4 is 21.8 Å². The zero-order valence-electron chi connectivity index (χ0n) is 17.8. The third-order valence-electron chi connectivity index (χ3n) is 4.87. The lowest BCUT2D eigenvalue weighted by molar-refractivity contribution is 0.520. The van der Waals surface area contributed by atoms with Gasteiger partial charge in [-0.25, -0.2) is 12.7 Å². The van der Waals surface area contributed by atoms with Gasteiger partial charge in [0.15, 0.2) is 11.0 Å². The molecule has 0 atom stereocenters. The van der Waals surface area contributed by atoms with Crippen LogP contribution in [0, 0.1) is 0 Å². The molecule has 0 saturated carbocycles. The van der Waals surface area contributed by atoms with Crippen molar-refractivity contribution in [2.45, 2.75) is 22.3 Å². The van der Waals surface area contributed by atoms with Gasteiger partial charge >= 0.3 is 0 Å². The molecule has 2 aromatic carbocycles. The quantitative estimate of drug-likeness (QED) is 0.367. The van der Waals surface area contributed by atoms with Gasteiger partial charge in [-0.1, -0.05) is 54.2 Å². The molecular weight excluding hydrogens is 442 g/mol. The molecule has 0 unspecified atom stereocenters. The minimum absolute atomic E-state index is 0.280. The Kier molecular flexibility index (Phi) is 6.69. The van der Waals surface area contributed by atoms with E-state index in [9.17, 15) is 8.42 Å². The van der Waals surface area contributed by atoms with Crippen LogP contribution in [0.4, 0.5) is 0 Å². The summed E-state index contributed by atoms with van der Waals surface area (Å²) in [7, 11) is -0.418. The zero-order valence-corrected chi connectivity index (χ0v) is 19.4. The smallest absolute Gasteiger partial charge is 0.242 e. The predicted octanol–water partition coefficient (Wildman–Crippen LogP) is 3.93. The standard InChI is InChI=1S/C23H23N5O2S2/c1-27(2)32(29,30)21-12-6-10-19(14-21)17-31-23-26-25-22(20-11-7-13-24-15-20)28(23)16-18-8-4-3-5-9-18/h3-15H,16-17H2,1-2H3. The molecule has 0 aliphatic rings. The van der Waals surface area contributed by atoms with E-state index in [4.69, 9.17) is 0 Å². The van der Waals surface area contributed by atoms with Crippen LogP contribution in [0.5, 0.6) is 0 Å². The number of hydrogen-bond acceptors (Lipinski definition) is 6. The molecule has 0 N–H and O–H groups in total. The molecule has 0 radical (unpaired) electrons. The van der Waals surface area contributed by atoms with E-state index >= 15 is 0 Å². The van der Waals surface area contributed by atoms with Crippen LogP contribution in [0.3, 0.4) is 0 Å². The number of sulfonamides is 1. The third-order valence-corrected chi connectivity index (χ3v) is 7.71. The fourth-order valence-electron chi connectivity index (χ4n) is 3.17. The highest BCUT2D eigenvalue weighted by atomic mass is 32.2. The van der Waals surface area contributed by atoms with Crippen molar-refractivity contribution in [1.29, 1.82) is 0 Å². The first kappa shape index (κ1) is 22.2. The Morgan fingerprint density at radius 2 is 1.72 bits per heavy atom. The van der Waals surface area contributed by atoms with Crippen molar-refractivity contribution in [3.63, 3.8) is 0 Å². The van der Waals surface area contributed by atoms with E-state index in [0.29, 0.717) is 12.3 Å². The summed E-state index contributed by atoms with van der Waals surface area (Å²) in [4.78, 5) is 4.49. The number of benzene rings is 2. The lowest BCUT2D eigenvalue weighted by Crippen LogP contribution is -2.22. The lowest BCUT2D eigenvalue weighted by atomic mass is 10.2. The van der Waals surface area contributed by atoms with Crippen molar-refractivity contribution in [3.05, 3.63) is 90.3 Å². The summed E-state index contributed by atoms with van der Waals surface area (Å²) in [6, 6.07) is 21.0. The average molecular weight is 466 g/mol. The normalized spacial score (nSPS) is 11.7. The van der Waals surface area contributed by atoms with Crippen LogP contribution in [0.1, 0.15) is 11.1 Å². The summed E-state index contributed by atoms with van der Waals surface area (Å²) < 4.78 is 28.2. The molecule has 0 aliphatic heterocycles. The molecule has 32 heavy (non-hydrogen) atoms. The van der Waals surface area contributed by atoms with Crippen LogP contribution in [0.15, 0.2) is 89.2 Å². The SMILES string of the molecule is CN(C)S(=O)(=O)c1cccc(CSc2nnc(-c3cccnc3)n2Cc2ccccc2)c1. The van der Waals surface area contributed by atoms with Crippen LogP contribution < -0.4 is 0 Å². The van der Waals surface area contributed by atoms with E-state index < -0.39 is 10.0 Å². The maximum Gasteiger partial charge on any atom is 0.242 e. The molecule has 0 fully saturated rings. The van der Waals surface area contributed by atoms with Gasteiger partial charge in [0.2, 0.25) is 10.0 Å². The minimum Gasteiger partial charge on any atom is -0.297 e. The number of thioether (sulfide) groups is 1. The van der Waals surface area contributed by atoms with Crippen molar-refractivity contribution < 1.29 is 8.42 Å². The average Bonchev–Trinajstić information content (AvgIpc) is 3.21. The van der Waals surface area contributed by atoms with Crippen molar-refractivity contribution in [1.82, 2.24) is 24.1 Å². The van der Waals surface area contributed by atoms with Gasteiger partial charge in [0, 0.05) is 37.8 Å². The van der Waals surface area contributed by atoms with Gasteiger partial charge in [0.1, 0.15) is 0 Å². The van der Waals surface area contributed by atoms with Crippen LogP contribution in [0.2, 0.25) is 0 Å². The molecule has 7 nitrogen and oxygen atoms in total. The molecule has 0 bridgehead atoms. The Balaban J connectivity index is 1.62. The Morgan fingerprint density at radius 3 is 2.44 bits per heavy atom. The summed E-state index contributed by atoms with van der Waals surface area (Å²) in [6.45, 7) is 0.620. The highest BCUT2D eigenvalue weighted by Gasteiger charge is 2.18. The van der Waals surface area contributed by atoms with Crippen molar-refractivity contribution in [3.8, 4) is 11.4 Å². The maximum absolute atomic E-state index is 12.5.